The zero-order valence-corrected chi connectivity index (χ0v) is 13.3. The van der Waals surface area contributed by atoms with Crippen LogP contribution in [0.4, 0.5) is 4.79 Å². The van der Waals surface area contributed by atoms with Crippen molar-refractivity contribution in [3.8, 4) is 0 Å². The standard InChI is InChI=1S/C16H23NO4/c1-16(2,3)13(14(18)20-5)17(4)15(19)21-11-12-9-7-6-8-10-12/h6-10,13H,11H2,1-5H3/t13-/m1/s1. The molecule has 0 heterocycles. The number of carbonyl (C=O) groups excluding carboxylic acids is 2. The average molecular weight is 293 g/mol. The highest BCUT2D eigenvalue weighted by molar-refractivity contribution is 5.82. The van der Waals surface area contributed by atoms with Gasteiger partial charge in [-0.3, -0.25) is 4.90 Å². The topological polar surface area (TPSA) is 55.8 Å². The van der Waals surface area contributed by atoms with Gasteiger partial charge in [0.2, 0.25) is 0 Å². The van der Waals surface area contributed by atoms with Gasteiger partial charge < -0.3 is 9.47 Å². The molecule has 5 heteroatoms. The average Bonchev–Trinajstić information content (AvgIpc) is 2.44. The summed E-state index contributed by atoms with van der Waals surface area (Å²) in [5.74, 6) is -0.457. The van der Waals surface area contributed by atoms with Crippen LogP contribution in [0.5, 0.6) is 0 Å². The molecule has 1 aromatic rings. The van der Waals surface area contributed by atoms with Crippen molar-refractivity contribution < 1.29 is 19.1 Å². The van der Waals surface area contributed by atoms with Crippen molar-refractivity contribution in [2.75, 3.05) is 14.2 Å². The van der Waals surface area contributed by atoms with E-state index in [1.807, 2.05) is 51.1 Å². The lowest BCUT2D eigenvalue weighted by Gasteiger charge is -2.34. The molecule has 116 valence electrons. The SMILES string of the molecule is COC(=O)[C@@H](N(C)C(=O)OCc1ccccc1)C(C)(C)C. The third kappa shape index (κ3) is 4.77. The summed E-state index contributed by atoms with van der Waals surface area (Å²) in [5, 5.41) is 0. The maximum Gasteiger partial charge on any atom is 0.410 e. The first kappa shape index (κ1) is 17.0. The molecule has 0 radical (unpaired) electrons. The van der Waals surface area contributed by atoms with E-state index in [2.05, 4.69) is 0 Å². The quantitative estimate of drug-likeness (QED) is 0.801. The summed E-state index contributed by atoms with van der Waals surface area (Å²) in [4.78, 5) is 25.3. The molecule has 21 heavy (non-hydrogen) atoms. The van der Waals surface area contributed by atoms with E-state index < -0.39 is 23.5 Å². The fourth-order valence-corrected chi connectivity index (χ4v) is 2.13. The Bertz CT molecular complexity index is 479. The second-order valence-electron chi connectivity index (χ2n) is 5.94. The first-order valence-electron chi connectivity index (χ1n) is 6.78. The summed E-state index contributed by atoms with van der Waals surface area (Å²) in [6.45, 7) is 5.78. The predicted octanol–water partition coefficient (Wildman–Crippen LogP) is 2.84. The molecule has 0 aromatic heterocycles. The second kappa shape index (κ2) is 7.11. The largest absolute Gasteiger partial charge is 0.467 e. The molecule has 0 saturated heterocycles. The van der Waals surface area contributed by atoms with E-state index >= 15 is 0 Å². The Kier molecular flexibility index (Phi) is 5.76. The van der Waals surface area contributed by atoms with E-state index in [0.29, 0.717) is 0 Å². The van der Waals surface area contributed by atoms with Gasteiger partial charge in [-0.05, 0) is 11.0 Å². The van der Waals surface area contributed by atoms with E-state index in [1.165, 1.54) is 12.0 Å². The third-order valence-corrected chi connectivity index (χ3v) is 3.13. The van der Waals surface area contributed by atoms with Gasteiger partial charge in [0.05, 0.1) is 7.11 Å². The fourth-order valence-electron chi connectivity index (χ4n) is 2.13. The van der Waals surface area contributed by atoms with Crippen molar-refractivity contribution in [3.05, 3.63) is 35.9 Å². The molecule has 0 spiro atoms. The van der Waals surface area contributed by atoms with E-state index in [1.54, 1.807) is 7.05 Å². The number of hydrogen-bond donors (Lipinski definition) is 0. The minimum Gasteiger partial charge on any atom is -0.467 e. The lowest BCUT2D eigenvalue weighted by atomic mass is 9.86. The van der Waals surface area contributed by atoms with Gasteiger partial charge in [0.1, 0.15) is 12.6 Å². The van der Waals surface area contributed by atoms with Crippen LogP contribution in [-0.4, -0.2) is 37.2 Å². The number of ether oxygens (including phenoxy) is 2. The van der Waals surface area contributed by atoms with E-state index in [9.17, 15) is 9.59 Å². The molecular weight excluding hydrogens is 270 g/mol. The molecule has 0 bridgehead atoms. The number of benzene rings is 1. The molecule has 1 aromatic carbocycles. The summed E-state index contributed by atoms with van der Waals surface area (Å²) in [5.41, 5.74) is 0.442. The molecule has 0 fully saturated rings. The van der Waals surface area contributed by atoms with E-state index in [-0.39, 0.29) is 6.61 Å². The number of carbonyl (C=O) groups is 2. The zero-order valence-electron chi connectivity index (χ0n) is 13.3. The summed E-state index contributed by atoms with van der Waals surface area (Å²) < 4.78 is 10.0. The molecule has 0 unspecified atom stereocenters. The van der Waals surface area contributed by atoms with Gasteiger partial charge in [-0.15, -0.1) is 0 Å². The number of likely N-dealkylation sites (N-methyl/N-ethyl adjacent to an activating group) is 1. The van der Waals surface area contributed by atoms with Crippen LogP contribution in [0.15, 0.2) is 30.3 Å². The monoisotopic (exact) mass is 293 g/mol. The molecular formula is C16H23NO4. The number of esters is 1. The highest BCUT2D eigenvalue weighted by atomic mass is 16.6. The van der Waals surface area contributed by atoms with Crippen molar-refractivity contribution >= 4 is 12.1 Å². The molecule has 5 nitrogen and oxygen atoms in total. The van der Waals surface area contributed by atoms with Gasteiger partial charge in [-0.2, -0.15) is 0 Å². The lowest BCUT2D eigenvalue weighted by Crippen LogP contribution is -2.50. The normalized spacial score (nSPS) is 12.4. The minimum absolute atomic E-state index is 0.169. The van der Waals surface area contributed by atoms with Crippen LogP contribution < -0.4 is 0 Å². The number of rotatable bonds is 4. The first-order chi connectivity index (χ1) is 9.77. The number of nitrogens with zero attached hydrogens (tertiary/aromatic N) is 1. The molecule has 0 aliphatic heterocycles. The Morgan fingerprint density at radius 1 is 1.19 bits per heavy atom. The first-order valence-corrected chi connectivity index (χ1v) is 6.78. The molecule has 1 atom stereocenters. The van der Waals surface area contributed by atoms with Crippen LogP contribution in [0.2, 0.25) is 0 Å². The Balaban J connectivity index is 2.73. The number of methoxy groups -OCH3 is 1. The van der Waals surface area contributed by atoms with Crippen molar-refractivity contribution in [3.63, 3.8) is 0 Å². The Hall–Kier alpha value is -2.04. The van der Waals surface area contributed by atoms with Crippen LogP contribution in [0.3, 0.4) is 0 Å². The molecule has 1 rings (SSSR count). The Morgan fingerprint density at radius 3 is 2.24 bits per heavy atom. The van der Waals surface area contributed by atoms with Crippen LogP contribution in [-0.2, 0) is 20.9 Å². The van der Waals surface area contributed by atoms with Gasteiger partial charge >= 0.3 is 12.1 Å². The van der Waals surface area contributed by atoms with Crippen molar-refractivity contribution in [2.45, 2.75) is 33.4 Å². The fraction of sp³-hybridized carbons (Fsp3) is 0.500. The minimum atomic E-state index is -0.703. The van der Waals surface area contributed by atoms with Crippen molar-refractivity contribution in [2.24, 2.45) is 5.41 Å². The lowest BCUT2D eigenvalue weighted by molar-refractivity contribution is -0.149. The molecule has 1 amide bonds. The number of amides is 1. The van der Waals surface area contributed by atoms with Crippen LogP contribution in [0.25, 0.3) is 0 Å². The van der Waals surface area contributed by atoms with E-state index in [4.69, 9.17) is 9.47 Å². The predicted molar refractivity (Wildman–Crippen MR) is 79.6 cm³/mol. The van der Waals surface area contributed by atoms with Crippen LogP contribution >= 0.6 is 0 Å². The highest BCUT2D eigenvalue weighted by Crippen LogP contribution is 2.25. The molecule has 0 saturated carbocycles. The Labute approximate surface area is 125 Å². The van der Waals surface area contributed by atoms with Crippen LogP contribution in [0, 0.1) is 5.41 Å². The number of hydrogen-bond acceptors (Lipinski definition) is 4. The van der Waals surface area contributed by atoms with Crippen LogP contribution in [0.1, 0.15) is 26.3 Å². The maximum absolute atomic E-state index is 12.1. The van der Waals surface area contributed by atoms with Gasteiger partial charge in [0.25, 0.3) is 0 Å². The summed E-state index contributed by atoms with van der Waals surface area (Å²) in [7, 11) is 2.85. The summed E-state index contributed by atoms with van der Waals surface area (Å²) >= 11 is 0. The second-order valence-corrected chi connectivity index (χ2v) is 5.94. The van der Waals surface area contributed by atoms with Gasteiger partial charge in [0, 0.05) is 7.05 Å². The van der Waals surface area contributed by atoms with Crippen molar-refractivity contribution in [1.29, 1.82) is 0 Å². The smallest absolute Gasteiger partial charge is 0.410 e. The third-order valence-electron chi connectivity index (χ3n) is 3.13. The molecule has 0 N–H and O–H groups in total. The summed E-state index contributed by atoms with van der Waals surface area (Å²) in [6, 6.07) is 8.68. The van der Waals surface area contributed by atoms with Gasteiger partial charge in [0.15, 0.2) is 0 Å². The highest BCUT2D eigenvalue weighted by Gasteiger charge is 2.38. The maximum atomic E-state index is 12.1. The van der Waals surface area contributed by atoms with Crippen molar-refractivity contribution in [1.82, 2.24) is 4.90 Å². The molecule has 0 aliphatic carbocycles. The van der Waals surface area contributed by atoms with Gasteiger partial charge in [-0.25, -0.2) is 9.59 Å². The summed E-state index contributed by atoms with van der Waals surface area (Å²) in [6.07, 6.45) is -0.552. The zero-order chi connectivity index (χ0) is 16.0. The Morgan fingerprint density at radius 2 is 1.76 bits per heavy atom. The van der Waals surface area contributed by atoms with Gasteiger partial charge in [-0.1, -0.05) is 51.1 Å². The molecule has 0 aliphatic rings. The van der Waals surface area contributed by atoms with E-state index in [0.717, 1.165) is 5.56 Å².